The maximum atomic E-state index is 6.38. The summed E-state index contributed by atoms with van der Waals surface area (Å²) in [6.07, 6.45) is 2.51. The molecule has 1 atom stereocenters. The van der Waals surface area contributed by atoms with Gasteiger partial charge in [0.1, 0.15) is 12.3 Å². The molecule has 0 amide bonds. The molecule has 1 N–H and O–H groups in total. The van der Waals surface area contributed by atoms with Crippen LogP contribution in [0.25, 0.3) is 11.4 Å². The average Bonchev–Trinajstić information content (AvgIpc) is 3.52. The van der Waals surface area contributed by atoms with Crippen molar-refractivity contribution in [2.24, 2.45) is 7.05 Å². The SMILES string of the molecule is COc1ccc(C[NH+](Cn2nc(-c3ccccc3Cl)n(C)c2=S)C2CC2)cc1. The second-order valence-corrected chi connectivity index (χ2v) is 8.03. The van der Waals surface area contributed by atoms with Crippen LogP contribution in [0.4, 0.5) is 0 Å². The Morgan fingerprint density at radius 1 is 1.18 bits per heavy atom. The van der Waals surface area contributed by atoms with Crippen molar-refractivity contribution in [1.82, 2.24) is 14.3 Å². The molecule has 2 aromatic carbocycles. The minimum Gasteiger partial charge on any atom is -0.497 e. The second-order valence-electron chi connectivity index (χ2n) is 7.26. The summed E-state index contributed by atoms with van der Waals surface area (Å²) in [6.45, 7) is 1.68. The van der Waals surface area contributed by atoms with Gasteiger partial charge in [-0.15, -0.1) is 5.10 Å². The minimum absolute atomic E-state index is 0.662. The zero-order valence-electron chi connectivity index (χ0n) is 16.1. The lowest BCUT2D eigenvalue weighted by atomic mass is 10.2. The zero-order valence-corrected chi connectivity index (χ0v) is 17.6. The predicted octanol–water partition coefficient (Wildman–Crippen LogP) is 3.49. The van der Waals surface area contributed by atoms with Crippen LogP contribution in [0.1, 0.15) is 18.4 Å². The number of rotatable bonds is 7. The molecule has 4 rings (SSSR count). The van der Waals surface area contributed by atoms with E-state index in [0.717, 1.165) is 30.4 Å². The van der Waals surface area contributed by atoms with E-state index >= 15 is 0 Å². The maximum absolute atomic E-state index is 6.38. The number of benzene rings is 2. The molecule has 0 saturated heterocycles. The van der Waals surface area contributed by atoms with E-state index < -0.39 is 0 Å². The van der Waals surface area contributed by atoms with Crippen LogP contribution in [0.5, 0.6) is 5.75 Å². The monoisotopic (exact) mass is 415 g/mol. The van der Waals surface area contributed by atoms with Crippen LogP contribution < -0.4 is 9.64 Å². The van der Waals surface area contributed by atoms with Gasteiger partial charge in [0.25, 0.3) is 0 Å². The smallest absolute Gasteiger partial charge is 0.202 e. The maximum Gasteiger partial charge on any atom is 0.202 e. The van der Waals surface area contributed by atoms with Crippen molar-refractivity contribution in [1.29, 1.82) is 0 Å². The van der Waals surface area contributed by atoms with E-state index in [1.807, 2.05) is 52.7 Å². The largest absolute Gasteiger partial charge is 0.497 e. The van der Waals surface area contributed by atoms with E-state index in [-0.39, 0.29) is 0 Å². The Morgan fingerprint density at radius 3 is 2.54 bits per heavy atom. The van der Waals surface area contributed by atoms with Crippen molar-refractivity contribution in [2.45, 2.75) is 32.1 Å². The van der Waals surface area contributed by atoms with Crippen LogP contribution in [-0.4, -0.2) is 27.5 Å². The van der Waals surface area contributed by atoms with E-state index in [0.29, 0.717) is 15.8 Å². The first-order chi connectivity index (χ1) is 13.6. The highest BCUT2D eigenvalue weighted by Crippen LogP contribution is 2.26. The summed E-state index contributed by atoms with van der Waals surface area (Å²) in [7, 11) is 3.64. The molecule has 146 valence electrons. The lowest BCUT2D eigenvalue weighted by molar-refractivity contribution is -0.947. The van der Waals surface area contributed by atoms with E-state index in [1.165, 1.54) is 23.3 Å². The number of nitrogens with one attached hydrogen (secondary N) is 1. The van der Waals surface area contributed by atoms with Crippen LogP contribution in [0, 0.1) is 4.77 Å². The summed E-state index contributed by atoms with van der Waals surface area (Å²) in [5, 5.41) is 5.49. The molecule has 7 heteroatoms. The van der Waals surface area contributed by atoms with Crippen molar-refractivity contribution in [3.8, 4) is 17.1 Å². The topological polar surface area (TPSA) is 36.4 Å². The molecule has 0 spiro atoms. The standard InChI is InChI=1S/C21H23ClN4OS/c1-24-20(18-5-3-4-6-19(18)22)23-26(21(24)28)14-25(16-9-10-16)13-15-7-11-17(27-2)12-8-15/h3-8,11-12,16H,9-10,13-14H2,1-2H3/p+1. The number of hydrogen-bond acceptors (Lipinski definition) is 3. The highest BCUT2D eigenvalue weighted by Gasteiger charge is 2.34. The number of hydrogen-bond donors (Lipinski definition) is 1. The van der Waals surface area contributed by atoms with E-state index in [2.05, 4.69) is 12.1 Å². The van der Waals surface area contributed by atoms with Crippen LogP contribution in [-0.2, 0) is 20.3 Å². The van der Waals surface area contributed by atoms with Gasteiger partial charge in [-0.3, -0.25) is 0 Å². The predicted molar refractivity (Wildman–Crippen MR) is 113 cm³/mol. The van der Waals surface area contributed by atoms with Gasteiger partial charge in [-0.1, -0.05) is 23.7 Å². The molecule has 1 aromatic heterocycles. The number of nitrogens with zero attached hydrogens (tertiary/aromatic N) is 3. The summed E-state index contributed by atoms with van der Waals surface area (Å²) in [4.78, 5) is 1.48. The van der Waals surface area contributed by atoms with Gasteiger partial charge in [-0.2, -0.15) is 4.68 Å². The van der Waals surface area contributed by atoms with E-state index in [9.17, 15) is 0 Å². The molecule has 28 heavy (non-hydrogen) atoms. The third-order valence-electron chi connectivity index (χ3n) is 5.25. The summed E-state index contributed by atoms with van der Waals surface area (Å²) in [5.41, 5.74) is 2.19. The highest BCUT2D eigenvalue weighted by atomic mass is 35.5. The van der Waals surface area contributed by atoms with Crippen LogP contribution in [0.2, 0.25) is 5.02 Å². The number of aromatic nitrogens is 3. The molecular formula is C21H24ClN4OS+. The molecule has 1 aliphatic rings. The summed E-state index contributed by atoms with van der Waals surface area (Å²) >= 11 is 12.0. The quantitative estimate of drug-likeness (QED) is 0.600. The lowest BCUT2D eigenvalue weighted by Crippen LogP contribution is -3.11. The van der Waals surface area contributed by atoms with Gasteiger partial charge in [-0.05, 0) is 48.6 Å². The normalized spacial score (nSPS) is 14.8. The van der Waals surface area contributed by atoms with E-state index in [4.69, 9.17) is 33.7 Å². The van der Waals surface area contributed by atoms with Gasteiger partial charge in [0.05, 0.1) is 18.2 Å². The van der Waals surface area contributed by atoms with Crippen molar-refractivity contribution < 1.29 is 9.64 Å². The Bertz CT molecular complexity index is 1020. The Morgan fingerprint density at radius 2 is 1.89 bits per heavy atom. The Labute approximate surface area is 175 Å². The molecule has 1 unspecified atom stereocenters. The Balaban J connectivity index is 1.58. The first-order valence-corrected chi connectivity index (χ1v) is 10.2. The first kappa shape index (κ1) is 19.2. The molecule has 5 nitrogen and oxygen atoms in total. The fourth-order valence-electron chi connectivity index (χ4n) is 3.49. The fraction of sp³-hybridized carbons (Fsp3) is 0.333. The van der Waals surface area contributed by atoms with Crippen LogP contribution in [0.3, 0.4) is 0 Å². The van der Waals surface area contributed by atoms with Gasteiger partial charge in [0.2, 0.25) is 4.77 Å². The van der Waals surface area contributed by atoms with E-state index in [1.54, 1.807) is 7.11 Å². The number of halogens is 1. The summed E-state index contributed by atoms with van der Waals surface area (Å²) < 4.78 is 9.85. The van der Waals surface area contributed by atoms with Gasteiger partial charge in [0.15, 0.2) is 12.5 Å². The second kappa shape index (κ2) is 8.07. The van der Waals surface area contributed by atoms with Crippen LogP contribution >= 0.6 is 23.8 Å². The Kier molecular flexibility index (Phi) is 5.53. The molecule has 0 radical (unpaired) electrons. The first-order valence-electron chi connectivity index (χ1n) is 9.43. The molecule has 0 aliphatic heterocycles. The van der Waals surface area contributed by atoms with Gasteiger partial charge < -0.3 is 14.2 Å². The Hall–Kier alpha value is -2.15. The van der Waals surface area contributed by atoms with Gasteiger partial charge in [-0.25, -0.2) is 0 Å². The third-order valence-corrected chi connectivity index (χ3v) is 6.07. The highest BCUT2D eigenvalue weighted by molar-refractivity contribution is 7.71. The lowest BCUT2D eigenvalue weighted by Gasteiger charge is -2.19. The average molecular weight is 416 g/mol. The molecule has 0 bridgehead atoms. The van der Waals surface area contributed by atoms with Crippen LogP contribution in [0.15, 0.2) is 48.5 Å². The van der Waals surface area contributed by atoms with Crippen molar-refractivity contribution in [3.05, 3.63) is 63.9 Å². The van der Waals surface area contributed by atoms with Crippen molar-refractivity contribution in [3.63, 3.8) is 0 Å². The summed E-state index contributed by atoms with van der Waals surface area (Å²) in [5.74, 6) is 1.68. The van der Waals surface area contributed by atoms with Crippen molar-refractivity contribution in [2.75, 3.05) is 7.11 Å². The number of ether oxygens (including phenoxy) is 1. The number of methoxy groups -OCH3 is 1. The molecule has 1 saturated carbocycles. The third kappa shape index (κ3) is 3.99. The molecule has 1 aliphatic carbocycles. The minimum atomic E-state index is 0.662. The number of quaternary nitrogens is 1. The molecule has 1 fully saturated rings. The summed E-state index contributed by atoms with van der Waals surface area (Å²) in [6, 6.07) is 16.7. The van der Waals surface area contributed by atoms with Gasteiger partial charge in [0, 0.05) is 31.0 Å². The molecular weight excluding hydrogens is 392 g/mol. The fourth-order valence-corrected chi connectivity index (χ4v) is 3.90. The molecule has 1 heterocycles. The van der Waals surface area contributed by atoms with Crippen molar-refractivity contribution >= 4 is 23.8 Å². The zero-order chi connectivity index (χ0) is 19.7. The van der Waals surface area contributed by atoms with Gasteiger partial charge >= 0.3 is 0 Å². The molecule has 3 aromatic rings.